The largest absolute Gasteiger partial charge is 0.493 e. The van der Waals surface area contributed by atoms with Crippen LogP contribution in [0.4, 0.5) is 0 Å². The molecule has 2 atom stereocenters. The van der Waals surface area contributed by atoms with E-state index in [1.165, 1.54) is 0 Å². The molecule has 0 heterocycles. The third-order valence-corrected chi connectivity index (χ3v) is 4.42. The standard InChI is InChI=1S/C19H20N2O2/c1-5-15-16(18(22)23-6-2)12-13-19(20-3,21-4)17(15)14-10-8-7-9-11-14/h7-12,15,17H,5-6,13H2,1-2H3. The van der Waals surface area contributed by atoms with E-state index < -0.39 is 5.66 Å². The van der Waals surface area contributed by atoms with Gasteiger partial charge in [0.2, 0.25) is 0 Å². The van der Waals surface area contributed by atoms with Crippen LogP contribution in [0.5, 0.6) is 0 Å². The van der Waals surface area contributed by atoms with Crippen molar-refractivity contribution < 1.29 is 9.53 Å². The molecule has 0 radical (unpaired) electrons. The second-order valence-electron chi connectivity index (χ2n) is 5.59. The Kier molecular flexibility index (Phi) is 5.19. The molecule has 4 nitrogen and oxygen atoms in total. The molecule has 118 valence electrons. The van der Waals surface area contributed by atoms with Gasteiger partial charge in [-0.3, -0.25) is 0 Å². The maximum absolute atomic E-state index is 12.3. The molecule has 0 aromatic heterocycles. The highest BCUT2D eigenvalue weighted by Crippen LogP contribution is 2.49. The number of carbonyl (C=O) groups excluding carboxylic acids is 1. The van der Waals surface area contributed by atoms with Crippen molar-refractivity contribution in [2.45, 2.75) is 38.3 Å². The maximum atomic E-state index is 12.3. The molecule has 2 unspecified atom stereocenters. The highest BCUT2D eigenvalue weighted by atomic mass is 16.5. The number of hydrogen-bond acceptors (Lipinski definition) is 2. The first-order chi connectivity index (χ1) is 11.1. The molecule has 0 saturated carbocycles. The first kappa shape index (κ1) is 16.8. The van der Waals surface area contributed by atoms with Crippen molar-refractivity contribution in [2.75, 3.05) is 6.61 Å². The molecule has 0 aliphatic heterocycles. The summed E-state index contributed by atoms with van der Waals surface area (Å²) in [5.74, 6) is -0.842. The van der Waals surface area contributed by atoms with Gasteiger partial charge in [-0.2, -0.15) is 0 Å². The molecule has 1 aromatic carbocycles. The molecule has 0 saturated heterocycles. The number of hydrogen-bond donors (Lipinski definition) is 0. The summed E-state index contributed by atoms with van der Waals surface area (Å²) in [5, 5.41) is 0. The summed E-state index contributed by atoms with van der Waals surface area (Å²) in [6.45, 7) is 19.3. The minimum Gasteiger partial charge on any atom is -0.463 e. The van der Waals surface area contributed by atoms with Crippen molar-refractivity contribution in [3.05, 3.63) is 70.4 Å². The van der Waals surface area contributed by atoms with Gasteiger partial charge in [0.25, 0.3) is 0 Å². The van der Waals surface area contributed by atoms with E-state index in [9.17, 15) is 4.79 Å². The third kappa shape index (κ3) is 2.98. The van der Waals surface area contributed by atoms with Crippen LogP contribution in [0, 0.1) is 19.1 Å². The molecule has 1 aromatic rings. The maximum Gasteiger partial charge on any atom is 0.493 e. The molecular weight excluding hydrogens is 288 g/mol. The molecule has 1 aliphatic rings. The van der Waals surface area contributed by atoms with Crippen LogP contribution in [0.15, 0.2) is 42.0 Å². The molecule has 0 fully saturated rings. The zero-order valence-corrected chi connectivity index (χ0v) is 13.5. The summed E-state index contributed by atoms with van der Waals surface area (Å²) < 4.78 is 5.17. The Balaban J connectivity index is 2.57. The zero-order chi connectivity index (χ0) is 16.9. The lowest BCUT2D eigenvalue weighted by atomic mass is 9.67. The van der Waals surface area contributed by atoms with Gasteiger partial charge >= 0.3 is 11.6 Å². The number of esters is 1. The summed E-state index contributed by atoms with van der Waals surface area (Å²) in [7, 11) is 0. The fourth-order valence-corrected chi connectivity index (χ4v) is 3.36. The fourth-order valence-electron chi connectivity index (χ4n) is 3.36. The first-order valence-corrected chi connectivity index (χ1v) is 7.82. The van der Waals surface area contributed by atoms with Gasteiger partial charge in [0.1, 0.15) is 6.42 Å². The lowest BCUT2D eigenvalue weighted by Crippen LogP contribution is -2.39. The van der Waals surface area contributed by atoms with Crippen LogP contribution in [0.1, 0.15) is 38.2 Å². The zero-order valence-electron chi connectivity index (χ0n) is 13.5. The number of nitrogens with zero attached hydrogens (tertiary/aromatic N) is 2. The van der Waals surface area contributed by atoms with E-state index in [1.807, 2.05) is 37.3 Å². The van der Waals surface area contributed by atoms with Crippen LogP contribution in [0.2, 0.25) is 0 Å². The van der Waals surface area contributed by atoms with E-state index >= 15 is 0 Å². The van der Waals surface area contributed by atoms with E-state index in [0.717, 1.165) is 5.56 Å². The number of rotatable bonds is 4. The van der Waals surface area contributed by atoms with Crippen LogP contribution in [0.3, 0.4) is 0 Å². The van der Waals surface area contributed by atoms with Gasteiger partial charge in [-0.15, -0.1) is 0 Å². The Bertz CT molecular complexity index is 666. The fraction of sp³-hybridized carbons (Fsp3) is 0.421. The van der Waals surface area contributed by atoms with Gasteiger partial charge in [0, 0.05) is 11.5 Å². The average molecular weight is 308 g/mol. The minimum absolute atomic E-state index is 0.187. The lowest BCUT2D eigenvalue weighted by Gasteiger charge is -2.32. The molecular formula is C19H20N2O2. The van der Waals surface area contributed by atoms with E-state index in [-0.39, 0.29) is 24.2 Å². The normalized spacial score (nSPS) is 22.3. The summed E-state index contributed by atoms with van der Waals surface area (Å²) >= 11 is 0. The van der Waals surface area contributed by atoms with Gasteiger partial charge in [-0.05, 0) is 18.9 Å². The molecule has 2 rings (SSSR count). The van der Waals surface area contributed by atoms with Crippen LogP contribution in [0.25, 0.3) is 9.69 Å². The van der Waals surface area contributed by atoms with Gasteiger partial charge in [-0.25, -0.2) is 27.6 Å². The highest BCUT2D eigenvalue weighted by Gasteiger charge is 2.59. The van der Waals surface area contributed by atoms with Crippen LogP contribution in [-0.4, -0.2) is 18.2 Å². The van der Waals surface area contributed by atoms with Gasteiger partial charge in [0.15, 0.2) is 5.92 Å². The van der Waals surface area contributed by atoms with Crippen molar-refractivity contribution >= 4 is 5.97 Å². The Hall–Kier alpha value is -2.59. The second kappa shape index (κ2) is 7.11. The van der Waals surface area contributed by atoms with Crippen LogP contribution in [-0.2, 0) is 9.53 Å². The third-order valence-electron chi connectivity index (χ3n) is 4.42. The number of benzene rings is 1. The Labute approximate surface area is 137 Å². The molecule has 23 heavy (non-hydrogen) atoms. The molecule has 0 spiro atoms. The average Bonchev–Trinajstić information content (AvgIpc) is 2.61. The highest BCUT2D eigenvalue weighted by molar-refractivity contribution is 5.89. The Morgan fingerprint density at radius 1 is 1.26 bits per heavy atom. The van der Waals surface area contributed by atoms with Crippen molar-refractivity contribution in [3.63, 3.8) is 0 Å². The predicted molar refractivity (Wildman–Crippen MR) is 88.2 cm³/mol. The first-order valence-electron chi connectivity index (χ1n) is 7.82. The smallest absolute Gasteiger partial charge is 0.463 e. The molecule has 0 bridgehead atoms. The van der Waals surface area contributed by atoms with Crippen molar-refractivity contribution in [3.8, 4) is 0 Å². The van der Waals surface area contributed by atoms with Crippen molar-refractivity contribution in [1.29, 1.82) is 0 Å². The van der Waals surface area contributed by atoms with Gasteiger partial charge in [-0.1, -0.05) is 43.3 Å². The van der Waals surface area contributed by atoms with Crippen LogP contribution < -0.4 is 0 Å². The summed E-state index contributed by atoms with van der Waals surface area (Å²) in [6.07, 6.45) is 2.67. The van der Waals surface area contributed by atoms with Gasteiger partial charge in [0.05, 0.1) is 6.61 Å². The molecule has 0 amide bonds. The van der Waals surface area contributed by atoms with E-state index in [2.05, 4.69) is 9.69 Å². The van der Waals surface area contributed by atoms with Crippen LogP contribution >= 0.6 is 0 Å². The Morgan fingerprint density at radius 3 is 2.43 bits per heavy atom. The SMILES string of the molecule is [C-]#[N+]C1([N+]#[C-])CC=C(C(=O)OCC)C(CC)C1c1ccccc1. The Morgan fingerprint density at radius 2 is 1.91 bits per heavy atom. The molecule has 1 aliphatic carbocycles. The summed E-state index contributed by atoms with van der Waals surface area (Å²) in [4.78, 5) is 19.7. The van der Waals surface area contributed by atoms with E-state index in [0.29, 0.717) is 18.6 Å². The second-order valence-corrected chi connectivity index (χ2v) is 5.59. The number of carbonyl (C=O) groups is 1. The number of ether oxygens (including phenoxy) is 1. The summed E-state index contributed by atoms with van der Waals surface area (Å²) in [6, 6.07) is 9.60. The van der Waals surface area contributed by atoms with E-state index in [1.54, 1.807) is 13.0 Å². The molecule has 0 N–H and O–H groups in total. The molecule has 4 heteroatoms. The monoisotopic (exact) mass is 308 g/mol. The predicted octanol–water partition coefficient (Wildman–Crippen LogP) is 4.22. The summed E-state index contributed by atoms with van der Waals surface area (Å²) in [5.41, 5.74) is 0.352. The van der Waals surface area contributed by atoms with Gasteiger partial charge < -0.3 is 4.74 Å². The quantitative estimate of drug-likeness (QED) is 0.616. The van der Waals surface area contributed by atoms with E-state index in [4.69, 9.17) is 17.9 Å². The lowest BCUT2D eigenvalue weighted by molar-refractivity contribution is -0.139. The van der Waals surface area contributed by atoms with Crippen molar-refractivity contribution in [1.82, 2.24) is 0 Å². The van der Waals surface area contributed by atoms with Crippen molar-refractivity contribution in [2.24, 2.45) is 5.92 Å². The topological polar surface area (TPSA) is 35.0 Å². The minimum atomic E-state index is -1.18.